The molecule has 0 unspecified atom stereocenters. The molecule has 0 bridgehead atoms. The van der Waals surface area contributed by atoms with Crippen molar-refractivity contribution in [3.8, 4) is 0 Å². The number of rotatable bonds is 3. The van der Waals surface area contributed by atoms with Gasteiger partial charge in [0.2, 0.25) is 0 Å². The maximum Gasteiger partial charge on any atom is 0.339 e. The van der Waals surface area contributed by atoms with Gasteiger partial charge in [-0.1, -0.05) is 19.3 Å². The van der Waals surface area contributed by atoms with E-state index in [1.54, 1.807) is 12.3 Å². The number of hydrogen-bond donors (Lipinski definition) is 0. The first-order chi connectivity index (χ1) is 8.29. The number of methoxy groups -OCH3 is 1. The smallest absolute Gasteiger partial charge is 0.339 e. The van der Waals surface area contributed by atoms with E-state index in [1.165, 1.54) is 39.2 Å². The molecular formula is C13H17NO2S. The normalized spacial score (nSPS) is 16.8. The average Bonchev–Trinajstić information content (AvgIpc) is 2.40. The predicted octanol–water partition coefficient (Wildman–Crippen LogP) is 3.29. The van der Waals surface area contributed by atoms with Crippen LogP contribution < -0.4 is 0 Å². The van der Waals surface area contributed by atoms with E-state index >= 15 is 0 Å². The second kappa shape index (κ2) is 6.05. The summed E-state index contributed by atoms with van der Waals surface area (Å²) in [7, 11) is 1.38. The molecule has 0 amide bonds. The standard InChI is InChI=1S/C13H17NO2S/c1-16-13(15)10-7-8-12(14-9-10)17-11-5-3-2-4-6-11/h7-9,11H,2-6H2,1H3. The number of thioether (sulfide) groups is 1. The van der Waals surface area contributed by atoms with Crippen molar-refractivity contribution in [2.75, 3.05) is 7.11 Å². The third-order valence-electron chi connectivity index (χ3n) is 3.00. The number of esters is 1. The molecule has 1 aliphatic carbocycles. The van der Waals surface area contributed by atoms with Crippen LogP contribution in [0.2, 0.25) is 0 Å². The Bertz CT molecular complexity index is 372. The van der Waals surface area contributed by atoms with E-state index in [4.69, 9.17) is 0 Å². The molecule has 0 N–H and O–H groups in total. The highest BCUT2D eigenvalue weighted by atomic mass is 32.2. The lowest BCUT2D eigenvalue weighted by molar-refractivity contribution is 0.0600. The summed E-state index contributed by atoms with van der Waals surface area (Å²) in [6.45, 7) is 0. The summed E-state index contributed by atoms with van der Waals surface area (Å²) in [5.41, 5.74) is 0.514. The summed E-state index contributed by atoms with van der Waals surface area (Å²) in [6, 6.07) is 3.69. The first kappa shape index (κ1) is 12.4. The number of hydrogen-bond acceptors (Lipinski definition) is 4. The number of nitrogens with zero attached hydrogens (tertiary/aromatic N) is 1. The molecule has 1 aromatic heterocycles. The van der Waals surface area contributed by atoms with E-state index in [1.807, 2.05) is 17.8 Å². The largest absolute Gasteiger partial charge is 0.465 e. The molecule has 0 spiro atoms. The van der Waals surface area contributed by atoms with Gasteiger partial charge < -0.3 is 4.74 Å². The van der Waals surface area contributed by atoms with Crippen LogP contribution in [0.15, 0.2) is 23.4 Å². The van der Waals surface area contributed by atoms with Crippen molar-refractivity contribution in [2.45, 2.75) is 42.4 Å². The number of carbonyl (C=O) groups is 1. The molecule has 2 rings (SSSR count). The topological polar surface area (TPSA) is 39.2 Å². The zero-order valence-corrected chi connectivity index (χ0v) is 10.8. The summed E-state index contributed by atoms with van der Waals surface area (Å²) in [6.07, 6.45) is 8.19. The summed E-state index contributed by atoms with van der Waals surface area (Å²) < 4.78 is 4.64. The van der Waals surface area contributed by atoms with Gasteiger partial charge in [-0.05, 0) is 25.0 Å². The number of carbonyl (C=O) groups excluding carboxylic acids is 1. The molecule has 4 heteroatoms. The Morgan fingerprint density at radius 3 is 2.71 bits per heavy atom. The van der Waals surface area contributed by atoms with Gasteiger partial charge in [-0.15, -0.1) is 11.8 Å². The maximum atomic E-state index is 11.2. The molecule has 1 saturated carbocycles. The van der Waals surface area contributed by atoms with Crippen molar-refractivity contribution in [3.05, 3.63) is 23.9 Å². The average molecular weight is 251 g/mol. The van der Waals surface area contributed by atoms with Gasteiger partial charge in [0, 0.05) is 11.4 Å². The lowest BCUT2D eigenvalue weighted by Crippen LogP contribution is -2.08. The fourth-order valence-electron chi connectivity index (χ4n) is 2.04. The molecule has 0 radical (unpaired) electrons. The van der Waals surface area contributed by atoms with Gasteiger partial charge in [-0.2, -0.15) is 0 Å². The van der Waals surface area contributed by atoms with Crippen molar-refractivity contribution in [2.24, 2.45) is 0 Å². The Morgan fingerprint density at radius 1 is 1.35 bits per heavy atom. The van der Waals surface area contributed by atoms with Crippen LogP contribution in [0.5, 0.6) is 0 Å². The van der Waals surface area contributed by atoms with Crippen molar-refractivity contribution in [1.29, 1.82) is 0 Å². The molecule has 1 aliphatic rings. The minimum absolute atomic E-state index is 0.327. The molecule has 0 atom stereocenters. The van der Waals surface area contributed by atoms with Crippen LogP contribution in [0.4, 0.5) is 0 Å². The van der Waals surface area contributed by atoms with Gasteiger partial charge in [-0.25, -0.2) is 9.78 Å². The number of aromatic nitrogens is 1. The zero-order chi connectivity index (χ0) is 12.1. The van der Waals surface area contributed by atoms with E-state index < -0.39 is 0 Å². The van der Waals surface area contributed by atoms with E-state index in [0.717, 1.165) is 5.03 Å². The second-order valence-electron chi connectivity index (χ2n) is 4.25. The Kier molecular flexibility index (Phi) is 4.42. The Labute approximate surface area is 106 Å². The van der Waals surface area contributed by atoms with E-state index in [2.05, 4.69) is 9.72 Å². The van der Waals surface area contributed by atoms with E-state index in [-0.39, 0.29) is 5.97 Å². The lowest BCUT2D eigenvalue weighted by atomic mass is 10.0. The Morgan fingerprint density at radius 2 is 2.12 bits per heavy atom. The Balaban J connectivity index is 1.95. The molecule has 17 heavy (non-hydrogen) atoms. The highest BCUT2D eigenvalue weighted by Gasteiger charge is 2.15. The SMILES string of the molecule is COC(=O)c1ccc(SC2CCCCC2)nc1. The summed E-state index contributed by atoms with van der Waals surface area (Å²) in [5.74, 6) is -0.327. The predicted molar refractivity (Wildman–Crippen MR) is 68.3 cm³/mol. The minimum Gasteiger partial charge on any atom is -0.465 e. The highest BCUT2D eigenvalue weighted by Crippen LogP contribution is 2.32. The summed E-state index contributed by atoms with van der Waals surface area (Å²) in [4.78, 5) is 15.5. The molecule has 92 valence electrons. The quantitative estimate of drug-likeness (QED) is 0.773. The molecule has 0 aromatic carbocycles. The van der Waals surface area contributed by atoms with Crippen molar-refractivity contribution < 1.29 is 9.53 Å². The van der Waals surface area contributed by atoms with Gasteiger partial charge in [0.05, 0.1) is 17.7 Å². The van der Waals surface area contributed by atoms with Crippen LogP contribution in [0.3, 0.4) is 0 Å². The zero-order valence-electron chi connectivity index (χ0n) is 10.0. The Hall–Kier alpha value is -1.03. The van der Waals surface area contributed by atoms with Gasteiger partial charge in [0.1, 0.15) is 0 Å². The van der Waals surface area contributed by atoms with Crippen LogP contribution in [-0.4, -0.2) is 23.3 Å². The third kappa shape index (κ3) is 3.46. The number of ether oxygens (including phenoxy) is 1. The molecular weight excluding hydrogens is 234 g/mol. The first-order valence-corrected chi connectivity index (χ1v) is 6.88. The van der Waals surface area contributed by atoms with Gasteiger partial charge >= 0.3 is 5.97 Å². The van der Waals surface area contributed by atoms with E-state index in [9.17, 15) is 4.79 Å². The second-order valence-corrected chi connectivity index (χ2v) is 5.58. The summed E-state index contributed by atoms with van der Waals surface area (Å²) >= 11 is 1.83. The van der Waals surface area contributed by atoms with Crippen molar-refractivity contribution >= 4 is 17.7 Å². The van der Waals surface area contributed by atoms with Gasteiger partial charge in [0.15, 0.2) is 0 Å². The van der Waals surface area contributed by atoms with Crippen LogP contribution >= 0.6 is 11.8 Å². The van der Waals surface area contributed by atoms with Crippen LogP contribution in [-0.2, 0) is 4.74 Å². The van der Waals surface area contributed by atoms with Gasteiger partial charge in [0.25, 0.3) is 0 Å². The fraction of sp³-hybridized carbons (Fsp3) is 0.538. The van der Waals surface area contributed by atoms with Crippen LogP contribution in [0.1, 0.15) is 42.5 Å². The summed E-state index contributed by atoms with van der Waals surface area (Å²) in [5, 5.41) is 1.70. The number of pyridine rings is 1. The minimum atomic E-state index is -0.327. The van der Waals surface area contributed by atoms with E-state index in [0.29, 0.717) is 10.8 Å². The fourth-order valence-corrected chi connectivity index (χ4v) is 3.21. The highest BCUT2D eigenvalue weighted by molar-refractivity contribution is 7.99. The lowest BCUT2D eigenvalue weighted by Gasteiger charge is -2.20. The molecule has 0 aliphatic heterocycles. The first-order valence-electron chi connectivity index (χ1n) is 6.00. The van der Waals surface area contributed by atoms with Gasteiger partial charge in [-0.3, -0.25) is 0 Å². The van der Waals surface area contributed by atoms with Crippen LogP contribution in [0, 0.1) is 0 Å². The molecule has 3 nitrogen and oxygen atoms in total. The monoisotopic (exact) mass is 251 g/mol. The van der Waals surface area contributed by atoms with Crippen molar-refractivity contribution in [3.63, 3.8) is 0 Å². The molecule has 1 aromatic rings. The van der Waals surface area contributed by atoms with Crippen LogP contribution in [0.25, 0.3) is 0 Å². The molecule has 0 saturated heterocycles. The molecule has 1 heterocycles. The third-order valence-corrected chi connectivity index (χ3v) is 4.28. The van der Waals surface area contributed by atoms with Crippen molar-refractivity contribution in [1.82, 2.24) is 4.98 Å². The molecule has 1 fully saturated rings. The maximum absolute atomic E-state index is 11.2.